The van der Waals surface area contributed by atoms with Gasteiger partial charge in [-0.1, -0.05) is 32.1 Å². The molecule has 14 heteroatoms. The van der Waals surface area contributed by atoms with Crippen LogP contribution in [0.2, 0.25) is 0 Å². The Balaban J connectivity index is 1.31. The molecule has 0 aromatic carbocycles. The Morgan fingerprint density at radius 2 is 1.32 bits per heavy atom. The Labute approximate surface area is 240 Å². The number of aliphatic hydroxyl groups is 7. The number of hydrogen-bond donors (Lipinski definition) is 10. The molecule has 3 rings (SSSR count). The van der Waals surface area contributed by atoms with Gasteiger partial charge in [-0.05, 0) is 25.7 Å². The number of carbonyl (C=O) groups excluding carboxylic acids is 1. The molecule has 3 saturated heterocycles. The molecular weight excluding hydrogens is 542 g/mol. The molecule has 1 amide bonds. The molecule has 0 aromatic rings. The van der Waals surface area contributed by atoms with E-state index >= 15 is 0 Å². The predicted octanol–water partition coefficient (Wildman–Crippen LogP) is -2.54. The van der Waals surface area contributed by atoms with Crippen molar-refractivity contribution in [3.8, 4) is 12.3 Å². The summed E-state index contributed by atoms with van der Waals surface area (Å²) in [6, 6.07) is 0. The van der Waals surface area contributed by atoms with Crippen LogP contribution < -0.4 is 16.2 Å². The summed E-state index contributed by atoms with van der Waals surface area (Å²) in [6.07, 6.45) is -0.287. The largest absolute Gasteiger partial charge is 0.394 e. The van der Waals surface area contributed by atoms with Gasteiger partial charge in [0, 0.05) is 19.4 Å². The molecule has 10 atom stereocenters. The highest BCUT2D eigenvalue weighted by atomic mass is 16.8. The summed E-state index contributed by atoms with van der Waals surface area (Å²) >= 11 is 0. The van der Waals surface area contributed by atoms with Gasteiger partial charge >= 0.3 is 0 Å². The summed E-state index contributed by atoms with van der Waals surface area (Å²) in [7, 11) is 0. The number of amides is 1. The molecular formula is C27H47N3O11. The number of aliphatic hydroxyl groups excluding tert-OH is 7. The van der Waals surface area contributed by atoms with Crippen LogP contribution in [0.15, 0.2) is 0 Å². The van der Waals surface area contributed by atoms with Gasteiger partial charge in [-0.15, -0.1) is 12.3 Å². The zero-order valence-corrected chi connectivity index (χ0v) is 23.3. The quantitative estimate of drug-likeness (QED) is 0.0478. The zero-order valence-electron chi connectivity index (χ0n) is 23.3. The third-order valence-electron chi connectivity index (χ3n) is 7.95. The van der Waals surface area contributed by atoms with Crippen LogP contribution >= 0.6 is 0 Å². The molecule has 3 aliphatic rings. The lowest BCUT2D eigenvalue weighted by Gasteiger charge is -2.44. The molecule has 3 fully saturated rings. The van der Waals surface area contributed by atoms with Crippen LogP contribution in [0.3, 0.4) is 0 Å². The summed E-state index contributed by atoms with van der Waals surface area (Å²) in [5.74, 6) is 2.41. The molecule has 41 heavy (non-hydrogen) atoms. The topological polar surface area (TPSA) is 242 Å². The molecule has 6 unspecified atom stereocenters. The number of nitrogens with one attached hydrogen (secondary N) is 3. The zero-order chi connectivity index (χ0) is 30.0. The molecule has 0 spiro atoms. The molecule has 0 radical (unpaired) electrons. The van der Waals surface area contributed by atoms with Crippen molar-refractivity contribution in [3.05, 3.63) is 0 Å². The predicted molar refractivity (Wildman–Crippen MR) is 143 cm³/mol. The van der Waals surface area contributed by atoms with E-state index in [4.69, 9.17) is 20.6 Å². The van der Waals surface area contributed by atoms with E-state index in [1.807, 2.05) is 0 Å². The fourth-order valence-electron chi connectivity index (χ4n) is 5.19. The molecule has 3 heterocycles. The molecule has 14 nitrogen and oxygen atoms in total. The van der Waals surface area contributed by atoms with Gasteiger partial charge in [0.05, 0.1) is 12.3 Å². The third-order valence-corrected chi connectivity index (χ3v) is 7.95. The van der Waals surface area contributed by atoms with Crippen molar-refractivity contribution in [3.63, 3.8) is 0 Å². The van der Waals surface area contributed by atoms with Crippen LogP contribution in [0.4, 0.5) is 0 Å². The van der Waals surface area contributed by atoms with Gasteiger partial charge in [0.1, 0.15) is 48.8 Å². The lowest BCUT2D eigenvalue weighted by Crippen LogP contribution is -2.64. The molecule has 0 saturated carbocycles. The number of hydrogen-bond acceptors (Lipinski definition) is 13. The van der Waals surface area contributed by atoms with E-state index in [0.717, 1.165) is 57.8 Å². The van der Waals surface area contributed by atoms with E-state index in [1.54, 1.807) is 0 Å². The first-order valence-electron chi connectivity index (χ1n) is 14.5. The summed E-state index contributed by atoms with van der Waals surface area (Å²) in [5.41, 5.74) is 6.54. The third kappa shape index (κ3) is 9.78. The van der Waals surface area contributed by atoms with Gasteiger partial charge in [0.2, 0.25) is 5.91 Å². The summed E-state index contributed by atoms with van der Waals surface area (Å²) in [6.45, 7) is -0.858. The normalized spacial score (nSPS) is 36.4. The fraction of sp³-hybridized carbons (Fsp3) is 0.889. The van der Waals surface area contributed by atoms with Gasteiger partial charge in [-0.25, -0.2) is 10.9 Å². The smallest absolute Gasteiger partial charge is 0.220 e. The van der Waals surface area contributed by atoms with Gasteiger partial charge in [-0.2, -0.15) is 0 Å². The maximum absolute atomic E-state index is 12.3. The van der Waals surface area contributed by atoms with Crippen molar-refractivity contribution < 1.29 is 54.8 Å². The van der Waals surface area contributed by atoms with Crippen molar-refractivity contribution in [1.82, 2.24) is 16.2 Å². The van der Waals surface area contributed by atoms with E-state index < -0.39 is 68.0 Å². The number of terminal acetylenes is 1. The first-order valence-corrected chi connectivity index (χ1v) is 14.5. The van der Waals surface area contributed by atoms with Gasteiger partial charge in [0.25, 0.3) is 0 Å². The first kappa shape index (κ1) is 34.0. The molecule has 10 N–H and O–H groups in total. The molecule has 3 aliphatic heterocycles. The second kappa shape index (κ2) is 16.4. The minimum atomic E-state index is -1.75. The van der Waals surface area contributed by atoms with Crippen LogP contribution in [0.25, 0.3) is 0 Å². The maximum Gasteiger partial charge on any atom is 0.220 e. The highest BCUT2D eigenvalue weighted by Crippen LogP contribution is 2.28. The monoisotopic (exact) mass is 589 g/mol. The van der Waals surface area contributed by atoms with Crippen molar-refractivity contribution in [1.29, 1.82) is 0 Å². The molecule has 0 aromatic heterocycles. The van der Waals surface area contributed by atoms with Crippen LogP contribution in [-0.2, 0) is 19.0 Å². The minimum absolute atomic E-state index is 0.0603. The number of unbranched alkanes of at least 4 members (excludes halogenated alkanes) is 6. The Morgan fingerprint density at radius 3 is 1.90 bits per heavy atom. The summed E-state index contributed by atoms with van der Waals surface area (Å²) in [4.78, 5) is 12.3. The SMILES string of the molecule is C#CCCCC1(CCCCCCCCC(=O)NCC2O[C@H](O[C@H]3OC(CO)[C@@H](O)C(O)C3O)C(O)C(O)[C@@H]2O)NN1. The van der Waals surface area contributed by atoms with E-state index in [9.17, 15) is 40.5 Å². The van der Waals surface area contributed by atoms with Gasteiger partial charge in [0.15, 0.2) is 12.6 Å². The second-order valence-electron chi connectivity index (χ2n) is 11.2. The van der Waals surface area contributed by atoms with E-state index in [2.05, 4.69) is 22.1 Å². The molecule has 0 bridgehead atoms. The van der Waals surface area contributed by atoms with Crippen molar-refractivity contribution in [2.24, 2.45) is 0 Å². The average molecular weight is 590 g/mol. The molecule has 0 aliphatic carbocycles. The highest BCUT2D eigenvalue weighted by Gasteiger charge is 2.49. The fourth-order valence-corrected chi connectivity index (χ4v) is 5.19. The summed E-state index contributed by atoms with van der Waals surface area (Å²) in [5, 5.41) is 72.9. The van der Waals surface area contributed by atoms with Crippen LogP contribution in [0, 0.1) is 12.3 Å². The van der Waals surface area contributed by atoms with Crippen LogP contribution in [0.5, 0.6) is 0 Å². The average Bonchev–Trinajstić information content (AvgIpc) is 3.73. The lowest BCUT2D eigenvalue weighted by molar-refractivity contribution is -0.374. The maximum atomic E-state index is 12.3. The van der Waals surface area contributed by atoms with E-state index in [-0.39, 0.29) is 24.5 Å². The Bertz CT molecular complexity index is 840. The first-order chi connectivity index (χ1) is 19.6. The van der Waals surface area contributed by atoms with E-state index in [0.29, 0.717) is 6.42 Å². The standard InChI is InChI=1S/C27H47N3O11/c1-2-3-9-12-27(29-30-27)13-10-7-5-4-6-8-11-18(32)28-14-16-19(33)21(35)23(37)25(39-16)41-26-24(38)22(36)20(34)17(15-31)40-26/h1,16-17,19-26,29-31,33-38H,3-15H2,(H,28,32)/t16?,17?,19-,20-,21?,22?,23?,24?,25-,26-/m1/s1. The van der Waals surface area contributed by atoms with Gasteiger partial charge in [-0.3, -0.25) is 4.79 Å². The van der Waals surface area contributed by atoms with Crippen molar-refractivity contribution in [2.45, 2.75) is 138 Å². The number of carbonyl (C=O) groups is 1. The van der Waals surface area contributed by atoms with E-state index in [1.165, 1.54) is 0 Å². The summed E-state index contributed by atoms with van der Waals surface area (Å²) < 4.78 is 16.2. The van der Waals surface area contributed by atoms with Crippen molar-refractivity contribution >= 4 is 5.91 Å². The van der Waals surface area contributed by atoms with Crippen LogP contribution in [-0.4, -0.2) is 122 Å². The number of rotatable bonds is 17. The number of hydrazine groups is 1. The Hall–Kier alpha value is -1.45. The molecule has 236 valence electrons. The Morgan fingerprint density at radius 1 is 0.780 bits per heavy atom. The van der Waals surface area contributed by atoms with Crippen LogP contribution in [0.1, 0.15) is 70.6 Å². The minimum Gasteiger partial charge on any atom is -0.394 e. The van der Waals surface area contributed by atoms with Crippen molar-refractivity contribution in [2.75, 3.05) is 13.2 Å². The second-order valence-corrected chi connectivity index (χ2v) is 11.2. The lowest BCUT2D eigenvalue weighted by atomic mass is 9.97. The highest BCUT2D eigenvalue weighted by molar-refractivity contribution is 5.75. The Kier molecular flexibility index (Phi) is 13.6. The van der Waals surface area contributed by atoms with Gasteiger partial charge < -0.3 is 55.3 Å². The number of ether oxygens (including phenoxy) is 3.